The predicted octanol–water partition coefficient (Wildman–Crippen LogP) is 2.58. The van der Waals surface area contributed by atoms with Crippen LogP contribution in [0.5, 0.6) is 5.75 Å². The Morgan fingerprint density at radius 1 is 1.17 bits per heavy atom. The Labute approximate surface area is 132 Å². The molecule has 1 aromatic heterocycles. The van der Waals surface area contributed by atoms with E-state index in [1.807, 2.05) is 0 Å². The van der Waals surface area contributed by atoms with Gasteiger partial charge in [0.25, 0.3) is 0 Å². The SMILES string of the molecule is O=C1CCC(=O)N1Cc1cnc(-c2cc(F)c(F)c(O)c2F)s1. The number of aromatic nitrogens is 1. The van der Waals surface area contributed by atoms with Gasteiger partial charge >= 0.3 is 0 Å². The largest absolute Gasteiger partial charge is 0.503 e. The number of amides is 2. The second-order valence-electron chi connectivity index (χ2n) is 4.89. The summed E-state index contributed by atoms with van der Waals surface area (Å²) in [5.41, 5.74) is -0.392. The van der Waals surface area contributed by atoms with Gasteiger partial charge < -0.3 is 5.11 Å². The molecule has 120 valence electrons. The third-order valence-electron chi connectivity index (χ3n) is 3.39. The Kier molecular flexibility index (Phi) is 3.80. The third-order valence-corrected chi connectivity index (χ3v) is 4.40. The predicted molar refractivity (Wildman–Crippen MR) is 73.9 cm³/mol. The fourth-order valence-corrected chi connectivity index (χ4v) is 3.12. The van der Waals surface area contributed by atoms with Crippen LogP contribution in [-0.4, -0.2) is 26.8 Å². The third kappa shape index (κ3) is 2.67. The molecule has 3 rings (SSSR count). The van der Waals surface area contributed by atoms with Crippen LogP contribution in [0.4, 0.5) is 13.2 Å². The molecule has 1 fully saturated rings. The van der Waals surface area contributed by atoms with Gasteiger partial charge in [0.05, 0.1) is 12.1 Å². The van der Waals surface area contributed by atoms with Crippen LogP contribution in [0.3, 0.4) is 0 Å². The number of rotatable bonds is 3. The van der Waals surface area contributed by atoms with Crippen molar-refractivity contribution in [3.8, 4) is 16.3 Å². The number of benzene rings is 1. The Morgan fingerprint density at radius 3 is 2.48 bits per heavy atom. The van der Waals surface area contributed by atoms with Crippen LogP contribution in [0.15, 0.2) is 12.3 Å². The van der Waals surface area contributed by atoms with Crippen LogP contribution in [0.25, 0.3) is 10.6 Å². The van der Waals surface area contributed by atoms with Gasteiger partial charge in [-0.1, -0.05) is 0 Å². The lowest BCUT2D eigenvalue weighted by atomic mass is 10.2. The first-order valence-corrected chi connectivity index (χ1v) is 7.35. The van der Waals surface area contributed by atoms with E-state index in [4.69, 9.17) is 0 Å². The van der Waals surface area contributed by atoms with Crippen LogP contribution in [0, 0.1) is 17.5 Å². The zero-order valence-corrected chi connectivity index (χ0v) is 12.3. The number of phenols is 1. The second-order valence-corrected chi connectivity index (χ2v) is 6.00. The zero-order valence-electron chi connectivity index (χ0n) is 11.5. The molecular formula is C14H9F3N2O3S. The minimum absolute atomic E-state index is 0.00537. The Hall–Kier alpha value is -2.42. The van der Waals surface area contributed by atoms with Gasteiger partial charge in [-0.3, -0.25) is 14.5 Å². The number of halogens is 3. The van der Waals surface area contributed by atoms with Gasteiger partial charge in [0.1, 0.15) is 5.01 Å². The maximum atomic E-state index is 13.9. The van der Waals surface area contributed by atoms with Crippen LogP contribution in [-0.2, 0) is 16.1 Å². The van der Waals surface area contributed by atoms with Gasteiger partial charge in [-0.05, 0) is 6.07 Å². The molecule has 0 atom stereocenters. The number of imide groups is 1. The number of phenolic OH excluding ortho intramolecular Hbond substituents is 1. The topological polar surface area (TPSA) is 70.5 Å². The van der Waals surface area contributed by atoms with E-state index in [1.54, 1.807) is 0 Å². The highest BCUT2D eigenvalue weighted by atomic mass is 32.1. The number of likely N-dealkylation sites (tertiary alicyclic amines) is 1. The minimum Gasteiger partial charge on any atom is -0.503 e. The summed E-state index contributed by atoms with van der Waals surface area (Å²) in [6.45, 7) is -0.00733. The molecule has 0 unspecified atom stereocenters. The Bertz CT molecular complexity index is 806. The standard InChI is InChI=1S/C14H9F3N2O3S/c15-8-3-7(11(16)13(22)12(8)17)14-18-4-6(23-14)5-19-9(20)1-2-10(19)21/h3-4,22H,1-2,5H2. The first-order chi connectivity index (χ1) is 10.9. The van der Waals surface area contributed by atoms with Crippen LogP contribution >= 0.6 is 11.3 Å². The van der Waals surface area contributed by atoms with Crippen LogP contribution < -0.4 is 0 Å². The maximum Gasteiger partial charge on any atom is 0.230 e. The molecule has 1 saturated heterocycles. The van der Waals surface area contributed by atoms with Gasteiger partial charge in [0.2, 0.25) is 17.6 Å². The van der Waals surface area contributed by atoms with Crippen molar-refractivity contribution in [1.82, 2.24) is 9.88 Å². The van der Waals surface area contributed by atoms with Gasteiger partial charge in [0.15, 0.2) is 17.4 Å². The lowest BCUT2D eigenvalue weighted by molar-refractivity contribution is -0.138. The number of nitrogens with zero attached hydrogens (tertiary/aromatic N) is 2. The van der Waals surface area contributed by atoms with E-state index in [0.717, 1.165) is 16.2 Å². The average Bonchev–Trinajstić information content (AvgIpc) is 3.11. The molecule has 2 heterocycles. The molecule has 0 aliphatic carbocycles. The monoisotopic (exact) mass is 342 g/mol. The van der Waals surface area contributed by atoms with Gasteiger partial charge in [0, 0.05) is 23.9 Å². The molecule has 1 aromatic carbocycles. The summed E-state index contributed by atoms with van der Waals surface area (Å²) in [6, 6.07) is 0.596. The quantitative estimate of drug-likeness (QED) is 0.687. The molecule has 0 bridgehead atoms. The maximum absolute atomic E-state index is 13.9. The summed E-state index contributed by atoms with van der Waals surface area (Å²) in [7, 11) is 0. The molecule has 1 aliphatic rings. The van der Waals surface area contributed by atoms with Gasteiger partial charge in [-0.25, -0.2) is 13.8 Å². The molecule has 5 nitrogen and oxygen atoms in total. The summed E-state index contributed by atoms with van der Waals surface area (Å²) >= 11 is 0.917. The molecule has 2 amide bonds. The number of hydrogen-bond acceptors (Lipinski definition) is 5. The van der Waals surface area contributed by atoms with E-state index < -0.39 is 28.8 Å². The Balaban J connectivity index is 1.91. The van der Waals surface area contributed by atoms with E-state index in [0.29, 0.717) is 10.9 Å². The van der Waals surface area contributed by atoms with Gasteiger partial charge in [-0.2, -0.15) is 4.39 Å². The van der Waals surface area contributed by atoms with Crippen molar-refractivity contribution in [1.29, 1.82) is 0 Å². The number of aromatic hydroxyl groups is 1. The highest BCUT2D eigenvalue weighted by Crippen LogP contribution is 2.35. The van der Waals surface area contributed by atoms with E-state index >= 15 is 0 Å². The number of hydrogen-bond donors (Lipinski definition) is 1. The highest BCUT2D eigenvalue weighted by molar-refractivity contribution is 7.15. The molecule has 0 saturated carbocycles. The first-order valence-electron chi connectivity index (χ1n) is 6.53. The Morgan fingerprint density at radius 2 is 1.83 bits per heavy atom. The minimum atomic E-state index is -1.67. The molecule has 0 spiro atoms. The molecule has 0 radical (unpaired) electrons. The number of carbonyl (C=O) groups is 2. The zero-order chi connectivity index (χ0) is 16.7. The van der Waals surface area contributed by atoms with E-state index in [9.17, 15) is 27.9 Å². The lowest BCUT2D eigenvalue weighted by Gasteiger charge is -2.11. The molecule has 23 heavy (non-hydrogen) atoms. The highest BCUT2D eigenvalue weighted by Gasteiger charge is 2.29. The van der Waals surface area contributed by atoms with Gasteiger partial charge in [-0.15, -0.1) is 11.3 Å². The normalized spacial score (nSPS) is 14.8. The molecule has 9 heteroatoms. The molecule has 2 aromatic rings. The van der Waals surface area contributed by atoms with Crippen molar-refractivity contribution in [3.63, 3.8) is 0 Å². The summed E-state index contributed by atoms with van der Waals surface area (Å²) < 4.78 is 40.3. The fraction of sp³-hybridized carbons (Fsp3) is 0.214. The number of thiazole rings is 1. The lowest BCUT2D eigenvalue weighted by Crippen LogP contribution is -2.27. The summed E-state index contributed by atoms with van der Waals surface area (Å²) in [6.07, 6.45) is 1.61. The van der Waals surface area contributed by atoms with E-state index in [2.05, 4.69) is 4.98 Å². The van der Waals surface area contributed by atoms with Crippen molar-refractivity contribution in [3.05, 3.63) is 34.6 Å². The van der Waals surface area contributed by atoms with Crippen molar-refractivity contribution in [2.24, 2.45) is 0 Å². The van der Waals surface area contributed by atoms with Crippen LogP contribution in [0.2, 0.25) is 0 Å². The fourth-order valence-electron chi connectivity index (χ4n) is 2.21. The average molecular weight is 342 g/mol. The van der Waals surface area contributed by atoms with Crippen LogP contribution in [0.1, 0.15) is 17.7 Å². The first kappa shape index (κ1) is 15.5. The van der Waals surface area contributed by atoms with Crippen molar-refractivity contribution < 1.29 is 27.9 Å². The van der Waals surface area contributed by atoms with Crippen molar-refractivity contribution in [2.45, 2.75) is 19.4 Å². The summed E-state index contributed by atoms with van der Waals surface area (Å²) in [5, 5.41) is 9.23. The summed E-state index contributed by atoms with van der Waals surface area (Å²) in [4.78, 5) is 28.5. The smallest absolute Gasteiger partial charge is 0.230 e. The molecule has 1 N–H and O–H groups in total. The van der Waals surface area contributed by atoms with Crippen molar-refractivity contribution >= 4 is 23.2 Å². The van der Waals surface area contributed by atoms with E-state index in [-0.39, 0.29) is 36.2 Å². The molecular weight excluding hydrogens is 333 g/mol. The van der Waals surface area contributed by atoms with Crippen molar-refractivity contribution in [2.75, 3.05) is 0 Å². The summed E-state index contributed by atoms with van der Waals surface area (Å²) in [5.74, 6) is -6.42. The molecule has 1 aliphatic heterocycles. The number of carbonyl (C=O) groups excluding carboxylic acids is 2. The second kappa shape index (κ2) is 5.65. The van der Waals surface area contributed by atoms with E-state index in [1.165, 1.54) is 6.20 Å².